The summed E-state index contributed by atoms with van der Waals surface area (Å²) < 4.78 is 63.1. The number of hydrazone groups is 2. The van der Waals surface area contributed by atoms with Crippen LogP contribution in [0.15, 0.2) is 104 Å². The van der Waals surface area contributed by atoms with Gasteiger partial charge in [-0.25, -0.2) is 0 Å². The van der Waals surface area contributed by atoms with E-state index >= 15 is 0 Å². The number of rotatable bonds is 7. The van der Waals surface area contributed by atoms with Crippen molar-refractivity contribution in [3.8, 4) is 0 Å². The smallest absolute Gasteiger partial charge is 0.282 e. The van der Waals surface area contributed by atoms with Crippen LogP contribution in [0, 0.1) is 5.92 Å². The molecule has 0 aliphatic carbocycles. The molecular formula is C25H22N4O8S2. The van der Waals surface area contributed by atoms with E-state index in [4.69, 9.17) is 9.11 Å². The third kappa shape index (κ3) is 5.93. The van der Waals surface area contributed by atoms with Gasteiger partial charge in [-0.2, -0.15) is 37.1 Å². The van der Waals surface area contributed by atoms with Crippen LogP contribution in [0.5, 0.6) is 0 Å². The number of amides is 2. The summed E-state index contributed by atoms with van der Waals surface area (Å²) in [6.07, 6.45) is 8.04. The van der Waals surface area contributed by atoms with E-state index in [1.807, 2.05) is 0 Å². The van der Waals surface area contributed by atoms with E-state index in [1.54, 1.807) is 44.2 Å². The van der Waals surface area contributed by atoms with E-state index in [-0.39, 0.29) is 15.7 Å². The van der Waals surface area contributed by atoms with Gasteiger partial charge in [0, 0.05) is 0 Å². The molecule has 2 aromatic rings. The molecule has 0 saturated carbocycles. The predicted octanol–water partition coefficient (Wildman–Crippen LogP) is 2.98. The van der Waals surface area contributed by atoms with E-state index in [0.29, 0.717) is 28.4 Å². The van der Waals surface area contributed by atoms with Crippen molar-refractivity contribution in [1.82, 2.24) is 0 Å². The van der Waals surface area contributed by atoms with E-state index in [1.165, 1.54) is 48.5 Å². The molecule has 2 heterocycles. The van der Waals surface area contributed by atoms with Gasteiger partial charge in [0.25, 0.3) is 32.1 Å². The van der Waals surface area contributed by atoms with Crippen molar-refractivity contribution in [2.45, 2.75) is 23.6 Å². The second-order valence-electron chi connectivity index (χ2n) is 8.46. The molecule has 14 heteroatoms. The van der Waals surface area contributed by atoms with Gasteiger partial charge < -0.3 is 0 Å². The summed E-state index contributed by atoms with van der Waals surface area (Å²) in [6.45, 7) is 3.33. The lowest BCUT2D eigenvalue weighted by Crippen LogP contribution is -2.25. The average Bonchev–Trinajstić information content (AvgIpc) is 3.32. The van der Waals surface area contributed by atoms with Crippen molar-refractivity contribution in [3.63, 3.8) is 0 Å². The lowest BCUT2D eigenvalue weighted by Gasteiger charge is -2.13. The van der Waals surface area contributed by atoms with E-state index < -0.39 is 32.1 Å². The summed E-state index contributed by atoms with van der Waals surface area (Å²) in [5.74, 6) is -1.42. The first kappa shape index (κ1) is 27.8. The van der Waals surface area contributed by atoms with Gasteiger partial charge >= 0.3 is 0 Å². The minimum absolute atomic E-state index is 0.298. The standard InChI is InChI=1S/C25H22N4O8S2/c1-16-22(24(30)28(26-16)18-8-12-20(13-9-18)38(32,33)34)6-4-3-5-7-23-17(2)27-29(25(23)31)19-10-14-21(15-11-19)39(35,36)37/h3-15,22H,1-2H3,(H,32,33,34)(H,35,36,37)/b5-3+,6-4+,23-7-/t22-/m1/s1. The molecule has 4 rings (SSSR count). The van der Waals surface area contributed by atoms with Crippen molar-refractivity contribution >= 4 is 54.8 Å². The fourth-order valence-electron chi connectivity index (χ4n) is 3.78. The van der Waals surface area contributed by atoms with Crippen molar-refractivity contribution in [2.24, 2.45) is 16.1 Å². The van der Waals surface area contributed by atoms with Crippen LogP contribution in [0.25, 0.3) is 0 Å². The summed E-state index contributed by atoms with van der Waals surface area (Å²) in [6, 6.07) is 10.1. The van der Waals surface area contributed by atoms with Crippen LogP contribution in [0.2, 0.25) is 0 Å². The molecule has 2 aromatic carbocycles. The van der Waals surface area contributed by atoms with Crippen LogP contribution in [0.3, 0.4) is 0 Å². The number of hydrogen-bond acceptors (Lipinski definition) is 8. The molecule has 39 heavy (non-hydrogen) atoms. The number of nitrogens with zero attached hydrogens (tertiary/aromatic N) is 4. The summed E-state index contributed by atoms with van der Waals surface area (Å²) in [7, 11) is -8.71. The topological polar surface area (TPSA) is 174 Å². The van der Waals surface area contributed by atoms with Gasteiger partial charge in [-0.1, -0.05) is 24.3 Å². The maximum absolute atomic E-state index is 12.8. The molecular weight excluding hydrogens is 548 g/mol. The first-order valence-corrected chi connectivity index (χ1v) is 14.1. The molecule has 0 radical (unpaired) electrons. The summed E-state index contributed by atoms with van der Waals surface area (Å²) in [4.78, 5) is 25.1. The van der Waals surface area contributed by atoms with Gasteiger partial charge in [0.1, 0.15) is 0 Å². The van der Waals surface area contributed by atoms with Crippen LogP contribution in [0.4, 0.5) is 11.4 Å². The largest absolute Gasteiger partial charge is 0.294 e. The quantitative estimate of drug-likeness (QED) is 0.290. The highest BCUT2D eigenvalue weighted by atomic mass is 32.2. The molecule has 202 valence electrons. The molecule has 1 atom stereocenters. The molecule has 12 nitrogen and oxygen atoms in total. The molecule has 0 unspecified atom stereocenters. The number of carbonyl (C=O) groups is 2. The molecule has 2 N–H and O–H groups in total. The maximum Gasteiger partial charge on any atom is 0.294 e. The molecule has 0 aromatic heterocycles. The monoisotopic (exact) mass is 570 g/mol. The Kier molecular flexibility index (Phi) is 7.48. The van der Waals surface area contributed by atoms with Crippen LogP contribution < -0.4 is 10.0 Å². The van der Waals surface area contributed by atoms with Crippen LogP contribution in [-0.2, 0) is 29.8 Å². The summed E-state index contributed by atoms with van der Waals surface area (Å²) in [5, 5.41) is 10.7. The second-order valence-corrected chi connectivity index (χ2v) is 11.3. The normalized spacial score (nSPS) is 19.6. The van der Waals surface area contributed by atoms with Gasteiger partial charge in [-0.3, -0.25) is 18.7 Å². The predicted molar refractivity (Wildman–Crippen MR) is 144 cm³/mol. The minimum Gasteiger partial charge on any atom is -0.282 e. The molecule has 2 aliphatic heterocycles. The first-order chi connectivity index (χ1) is 18.3. The Bertz CT molecular complexity index is 1700. The highest BCUT2D eigenvalue weighted by molar-refractivity contribution is 7.86. The Labute approximate surface area is 224 Å². The van der Waals surface area contributed by atoms with E-state index in [0.717, 1.165) is 10.0 Å². The second kappa shape index (κ2) is 10.5. The van der Waals surface area contributed by atoms with Crippen molar-refractivity contribution < 1.29 is 35.5 Å². The number of carbonyl (C=O) groups excluding carboxylic acids is 2. The number of benzene rings is 2. The molecule has 2 amide bonds. The molecule has 0 spiro atoms. The fraction of sp³-hybridized carbons (Fsp3) is 0.120. The van der Waals surface area contributed by atoms with E-state index in [2.05, 4.69) is 10.2 Å². The van der Waals surface area contributed by atoms with Crippen molar-refractivity contribution in [2.75, 3.05) is 10.0 Å². The zero-order chi connectivity index (χ0) is 28.5. The Morgan fingerprint density at radius 2 is 1.26 bits per heavy atom. The van der Waals surface area contributed by atoms with Gasteiger partial charge in [-0.15, -0.1) is 0 Å². The lowest BCUT2D eigenvalue weighted by molar-refractivity contribution is -0.118. The SMILES string of the molecule is CC1=NN(c2ccc(S(=O)(=O)O)cc2)C(=O)\C1=C/C=C/C=C/[C@H]1C(=O)N(c2ccc(S(=O)(=O)O)cc2)N=C1C. The van der Waals surface area contributed by atoms with Gasteiger partial charge in [0.15, 0.2) is 0 Å². The molecule has 0 saturated heterocycles. The van der Waals surface area contributed by atoms with Crippen molar-refractivity contribution in [3.05, 3.63) is 84.5 Å². The Hall–Kier alpha value is -4.24. The van der Waals surface area contributed by atoms with Crippen LogP contribution in [-0.4, -0.2) is 49.2 Å². The summed E-state index contributed by atoms with van der Waals surface area (Å²) >= 11 is 0. The number of hydrogen-bond donors (Lipinski definition) is 2. The third-order valence-corrected chi connectivity index (χ3v) is 7.53. The number of anilines is 2. The molecule has 2 aliphatic rings. The maximum atomic E-state index is 12.8. The van der Waals surface area contributed by atoms with Crippen LogP contribution in [0.1, 0.15) is 13.8 Å². The highest BCUT2D eigenvalue weighted by Gasteiger charge is 2.32. The summed E-state index contributed by atoms with van der Waals surface area (Å²) in [5.41, 5.74) is 1.94. The molecule has 0 bridgehead atoms. The zero-order valence-corrected chi connectivity index (χ0v) is 22.2. The van der Waals surface area contributed by atoms with Gasteiger partial charge in [0.2, 0.25) is 0 Å². The zero-order valence-electron chi connectivity index (χ0n) is 20.5. The third-order valence-electron chi connectivity index (χ3n) is 5.79. The average molecular weight is 571 g/mol. The minimum atomic E-state index is -4.36. The Morgan fingerprint density at radius 3 is 1.77 bits per heavy atom. The number of allylic oxidation sites excluding steroid dienone is 4. The Balaban J connectivity index is 1.41. The first-order valence-electron chi connectivity index (χ1n) is 11.3. The highest BCUT2D eigenvalue weighted by Crippen LogP contribution is 2.27. The van der Waals surface area contributed by atoms with Crippen LogP contribution >= 0.6 is 0 Å². The van der Waals surface area contributed by atoms with Gasteiger partial charge in [0.05, 0.1) is 44.1 Å². The van der Waals surface area contributed by atoms with Crippen molar-refractivity contribution in [1.29, 1.82) is 0 Å². The van der Waals surface area contributed by atoms with Gasteiger partial charge in [-0.05, 0) is 68.5 Å². The molecule has 0 fully saturated rings. The van der Waals surface area contributed by atoms with E-state index in [9.17, 15) is 26.4 Å². The lowest BCUT2D eigenvalue weighted by atomic mass is 10.0. The Morgan fingerprint density at radius 1 is 0.744 bits per heavy atom. The fourth-order valence-corrected chi connectivity index (χ4v) is 4.74.